The molecule has 0 amide bonds. The van der Waals surface area contributed by atoms with Crippen molar-refractivity contribution < 1.29 is 125 Å². The molecule has 14 heteroatoms. The number of esters is 4. The Morgan fingerprint density at radius 1 is 0.750 bits per heavy atom. The predicted octanol–water partition coefficient (Wildman–Crippen LogP) is -4.07. The molecule has 0 atom stereocenters. The third kappa shape index (κ3) is 14.4. The van der Waals surface area contributed by atoms with Gasteiger partial charge < -0.3 is 23.7 Å². The molecule has 0 rings (SSSR count). The molecule has 0 aromatic rings. The molecule has 0 aliphatic carbocycles. The molecule has 0 heterocycles. The quantitative estimate of drug-likeness (QED) is 0.0754. The number of hydrogen-bond acceptors (Lipinski definition) is 8. The SMILES string of the molecule is CI.COC(=O)C(C(=O)OC)C(F)(F)F.COC(=O)C(C)(C)C(=O)OC.[Cs+].[F-]. The Morgan fingerprint density at radius 2 is 1.00 bits per heavy atom. The van der Waals surface area contributed by atoms with Gasteiger partial charge in [-0.25, -0.2) is 0 Å². The maximum Gasteiger partial charge on any atom is 1.00 e. The zero-order valence-corrected chi connectivity index (χ0v) is 25.2. The van der Waals surface area contributed by atoms with E-state index in [0.29, 0.717) is 0 Å². The molecular formula is C14H22CsF4IO8. The van der Waals surface area contributed by atoms with Gasteiger partial charge in [0.05, 0.1) is 28.4 Å². The molecule has 0 unspecified atom stereocenters. The van der Waals surface area contributed by atoms with E-state index in [1.54, 1.807) is 0 Å². The van der Waals surface area contributed by atoms with Gasteiger partial charge in [-0.15, -0.1) is 0 Å². The van der Waals surface area contributed by atoms with Crippen molar-refractivity contribution in [2.45, 2.75) is 20.0 Å². The van der Waals surface area contributed by atoms with Gasteiger partial charge in [0.25, 0.3) is 0 Å². The monoisotopic (exact) mass is 654 g/mol. The summed E-state index contributed by atoms with van der Waals surface area (Å²) in [4.78, 5) is 44.8. The third-order valence-electron chi connectivity index (χ3n) is 2.59. The van der Waals surface area contributed by atoms with Crippen LogP contribution in [0.5, 0.6) is 0 Å². The molecule has 0 aromatic carbocycles. The van der Waals surface area contributed by atoms with Crippen molar-refractivity contribution in [2.24, 2.45) is 11.3 Å². The van der Waals surface area contributed by atoms with Crippen LogP contribution in [0.1, 0.15) is 13.8 Å². The molecular weight excluding hydrogens is 632 g/mol. The minimum absolute atomic E-state index is 0. The molecule has 162 valence electrons. The zero-order chi connectivity index (χ0) is 21.7. The van der Waals surface area contributed by atoms with E-state index in [0.717, 1.165) is 14.2 Å². The summed E-state index contributed by atoms with van der Waals surface area (Å²) >= 11 is 2.15. The third-order valence-corrected chi connectivity index (χ3v) is 2.59. The van der Waals surface area contributed by atoms with Gasteiger partial charge in [0.15, 0.2) is 5.41 Å². The first-order valence-corrected chi connectivity index (χ1v) is 8.73. The molecule has 28 heavy (non-hydrogen) atoms. The summed E-state index contributed by atoms with van der Waals surface area (Å²) in [5.74, 6) is -7.41. The molecule has 0 N–H and O–H groups in total. The van der Waals surface area contributed by atoms with Gasteiger partial charge in [-0.1, -0.05) is 22.6 Å². The number of ether oxygens (including phenoxy) is 4. The van der Waals surface area contributed by atoms with E-state index in [1.807, 2.05) is 4.93 Å². The number of rotatable bonds is 4. The van der Waals surface area contributed by atoms with E-state index in [4.69, 9.17) is 0 Å². The van der Waals surface area contributed by atoms with Gasteiger partial charge in [0, 0.05) is 0 Å². The van der Waals surface area contributed by atoms with E-state index >= 15 is 0 Å². The second-order valence-electron chi connectivity index (χ2n) is 4.63. The molecule has 0 bridgehead atoms. The summed E-state index contributed by atoms with van der Waals surface area (Å²) in [6.07, 6.45) is -4.99. The van der Waals surface area contributed by atoms with Crippen LogP contribution in [-0.2, 0) is 38.1 Å². The van der Waals surface area contributed by atoms with Crippen molar-refractivity contribution in [1.29, 1.82) is 0 Å². The average molecular weight is 654 g/mol. The van der Waals surface area contributed by atoms with E-state index in [9.17, 15) is 32.3 Å². The van der Waals surface area contributed by atoms with Crippen molar-refractivity contribution in [1.82, 2.24) is 0 Å². The summed E-state index contributed by atoms with van der Waals surface area (Å²) < 4.78 is 52.4. The second kappa shape index (κ2) is 19.4. The smallest absolute Gasteiger partial charge is 1.00 e. The summed E-state index contributed by atoms with van der Waals surface area (Å²) in [7, 11) is 3.97. The minimum Gasteiger partial charge on any atom is -1.00 e. The van der Waals surface area contributed by atoms with Gasteiger partial charge >= 0.3 is 98.9 Å². The first kappa shape index (κ1) is 38.9. The Hall–Kier alpha value is 0.382. The second-order valence-corrected chi connectivity index (χ2v) is 4.63. The standard InChI is InChI=1S/C7H12O4.C6H7F3O4.CH3I.Cs.FH/c1-7(2,5(8)10-3)6(9)11-4;1-12-4(10)3(5(11)13-2)6(7,8)9;1-2;;/h1-4H3;3H,1-2H3;1H3;;1H/q;;;+1;/p-1. The van der Waals surface area contributed by atoms with Crippen molar-refractivity contribution in [3.8, 4) is 0 Å². The fraction of sp³-hybridized carbons (Fsp3) is 0.714. The largest absolute Gasteiger partial charge is 1.00 e. The van der Waals surface area contributed by atoms with E-state index in [2.05, 4.69) is 41.5 Å². The van der Waals surface area contributed by atoms with Gasteiger partial charge in [0.2, 0.25) is 5.92 Å². The summed E-state index contributed by atoms with van der Waals surface area (Å²) in [5, 5.41) is 0. The first-order chi connectivity index (χ1) is 11.8. The van der Waals surface area contributed by atoms with Gasteiger partial charge in [-0.05, 0) is 18.8 Å². The van der Waals surface area contributed by atoms with E-state index in [-0.39, 0.29) is 73.6 Å². The van der Waals surface area contributed by atoms with Crippen molar-refractivity contribution >= 4 is 46.5 Å². The van der Waals surface area contributed by atoms with Crippen LogP contribution in [0.4, 0.5) is 13.2 Å². The van der Waals surface area contributed by atoms with Crippen LogP contribution >= 0.6 is 22.6 Å². The van der Waals surface area contributed by atoms with E-state index in [1.165, 1.54) is 28.1 Å². The molecule has 0 aliphatic heterocycles. The topological polar surface area (TPSA) is 105 Å². The Balaban J connectivity index is -0.000000109. The van der Waals surface area contributed by atoms with Gasteiger partial charge in [0.1, 0.15) is 0 Å². The Kier molecular flexibility index (Phi) is 26.9. The minimum atomic E-state index is -4.99. The maximum absolute atomic E-state index is 12.0. The van der Waals surface area contributed by atoms with Gasteiger partial charge in [-0.3, -0.25) is 19.2 Å². The van der Waals surface area contributed by atoms with Gasteiger partial charge in [-0.2, -0.15) is 13.2 Å². The average Bonchev–Trinajstić information content (AvgIpc) is 2.60. The first-order valence-electron chi connectivity index (χ1n) is 6.58. The summed E-state index contributed by atoms with van der Waals surface area (Å²) in [6.45, 7) is 2.90. The Morgan fingerprint density at radius 3 is 1.14 bits per heavy atom. The normalized spacial score (nSPS) is 9.57. The maximum atomic E-state index is 12.0. The molecule has 0 saturated carbocycles. The molecule has 0 aliphatic rings. The van der Waals surface area contributed by atoms with Crippen molar-refractivity contribution in [2.75, 3.05) is 33.4 Å². The van der Waals surface area contributed by atoms with Crippen LogP contribution in [0.3, 0.4) is 0 Å². The summed E-state index contributed by atoms with van der Waals surface area (Å²) in [5.41, 5.74) is -1.20. The summed E-state index contributed by atoms with van der Waals surface area (Å²) in [6, 6.07) is 0. The molecule has 8 nitrogen and oxygen atoms in total. The molecule has 0 aromatic heterocycles. The van der Waals surface area contributed by atoms with Crippen LogP contribution in [0, 0.1) is 11.3 Å². The van der Waals surface area contributed by atoms with Crippen LogP contribution in [0.25, 0.3) is 0 Å². The Bertz CT molecular complexity index is 452. The number of carbonyl (C=O) groups excluding carboxylic acids is 4. The molecule has 0 fully saturated rings. The molecule has 0 spiro atoms. The zero-order valence-electron chi connectivity index (χ0n) is 16.7. The predicted molar refractivity (Wildman–Crippen MR) is 91.3 cm³/mol. The Labute approximate surface area is 232 Å². The van der Waals surface area contributed by atoms with Crippen LogP contribution < -0.4 is 73.6 Å². The number of halogens is 5. The van der Waals surface area contributed by atoms with Crippen molar-refractivity contribution in [3.05, 3.63) is 0 Å². The number of carbonyl (C=O) groups is 4. The fourth-order valence-electron chi connectivity index (χ4n) is 1.19. The van der Waals surface area contributed by atoms with Crippen LogP contribution in [0.2, 0.25) is 0 Å². The van der Waals surface area contributed by atoms with Crippen molar-refractivity contribution in [3.63, 3.8) is 0 Å². The van der Waals surface area contributed by atoms with Crippen LogP contribution in [0.15, 0.2) is 0 Å². The molecule has 0 radical (unpaired) electrons. The molecule has 0 saturated heterocycles. The number of hydrogen-bond donors (Lipinski definition) is 0. The number of alkyl halides is 4. The fourth-order valence-corrected chi connectivity index (χ4v) is 1.19. The van der Waals surface area contributed by atoms with Crippen LogP contribution in [-0.4, -0.2) is 63.4 Å². The number of methoxy groups -OCH3 is 4. The van der Waals surface area contributed by atoms with E-state index < -0.39 is 41.4 Å².